The predicted molar refractivity (Wildman–Crippen MR) is 89.3 cm³/mol. The fraction of sp³-hybridized carbons (Fsp3) is 0.278. The van der Waals surface area contributed by atoms with Gasteiger partial charge in [-0.05, 0) is 38.0 Å². The minimum absolute atomic E-state index is 0.0210. The summed E-state index contributed by atoms with van der Waals surface area (Å²) in [7, 11) is 0. The Balaban J connectivity index is 1.93. The molecule has 2 rings (SSSR count). The zero-order valence-electron chi connectivity index (χ0n) is 13.4. The number of pyridine rings is 1. The molecule has 23 heavy (non-hydrogen) atoms. The van der Waals surface area contributed by atoms with E-state index in [1.807, 2.05) is 44.2 Å². The van der Waals surface area contributed by atoms with E-state index < -0.39 is 0 Å². The second-order valence-electron chi connectivity index (χ2n) is 5.55. The van der Waals surface area contributed by atoms with Crippen LogP contribution < -0.4 is 10.6 Å². The lowest BCUT2D eigenvalue weighted by Gasteiger charge is -2.09. The molecule has 0 aliphatic carbocycles. The highest BCUT2D eigenvalue weighted by Crippen LogP contribution is 2.03. The van der Waals surface area contributed by atoms with E-state index in [9.17, 15) is 9.59 Å². The first-order chi connectivity index (χ1) is 11.1. The topological polar surface area (TPSA) is 71.1 Å². The molecule has 0 spiro atoms. The minimum Gasteiger partial charge on any atom is -0.352 e. The summed E-state index contributed by atoms with van der Waals surface area (Å²) < 4.78 is 0. The van der Waals surface area contributed by atoms with E-state index in [0.29, 0.717) is 12.1 Å². The van der Waals surface area contributed by atoms with Gasteiger partial charge in [0, 0.05) is 24.3 Å². The summed E-state index contributed by atoms with van der Waals surface area (Å²) in [5, 5.41) is 5.61. The van der Waals surface area contributed by atoms with E-state index in [0.717, 1.165) is 6.42 Å². The van der Waals surface area contributed by atoms with Crippen molar-refractivity contribution in [1.29, 1.82) is 0 Å². The molecule has 0 bridgehead atoms. The SMILES string of the molecule is CC(C)NC(=O)c1cc(C(=O)NCCc2ccccc2)ccn1. The third-order valence-corrected chi connectivity index (χ3v) is 3.22. The number of hydrogen-bond donors (Lipinski definition) is 2. The Morgan fingerprint density at radius 2 is 1.83 bits per heavy atom. The fourth-order valence-electron chi connectivity index (χ4n) is 2.10. The predicted octanol–water partition coefficient (Wildman–Crippen LogP) is 2.19. The maximum Gasteiger partial charge on any atom is 0.270 e. The molecule has 2 aromatic rings. The Kier molecular flexibility index (Phi) is 5.86. The smallest absolute Gasteiger partial charge is 0.270 e. The molecule has 0 fully saturated rings. The van der Waals surface area contributed by atoms with Crippen molar-refractivity contribution in [2.75, 3.05) is 6.54 Å². The summed E-state index contributed by atoms with van der Waals surface area (Å²) in [6.07, 6.45) is 2.24. The van der Waals surface area contributed by atoms with Crippen molar-refractivity contribution < 1.29 is 9.59 Å². The highest BCUT2D eigenvalue weighted by molar-refractivity contribution is 5.98. The summed E-state index contributed by atoms with van der Waals surface area (Å²) in [6.45, 7) is 4.29. The molecule has 0 unspecified atom stereocenters. The van der Waals surface area contributed by atoms with Crippen molar-refractivity contribution in [3.05, 3.63) is 65.5 Å². The van der Waals surface area contributed by atoms with E-state index in [1.54, 1.807) is 6.07 Å². The van der Waals surface area contributed by atoms with Crippen molar-refractivity contribution in [1.82, 2.24) is 15.6 Å². The van der Waals surface area contributed by atoms with Crippen molar-refractivity contribution in [3.8, 4) is 0 Å². The molecule has 2 amide bonds. The zero-order valence-corrected chi connectivity index (χ0v) is 13.4. The Labute approximate surface area is 136 Å². The Hall–Kier alpha value is -2.69. The van der Waals surface area contributed by atoms with E-state index in [4.69, 9.17) is 0 Å². The van der Waals surface area contributed by atoms with Gasteiger partial charge < -0.3 is 10.6 Å². The average Bonchev–Trinajstić information content (AvgIpc) is 2.55. The van der Waals surface area contributed by atoms with Crippen molar-refractivity contribution >= 4 is 11.8 Å². The molecule has 1 aromatic heterocycles. The van der Waals surface area contributed by atoms with Crippen molar-refractivity contribution in [2.24, 2.45) is 0 Å². The quantitative estimate of drug-likeness (QED) is 0.859. The van der Waals surface area contributed by atoms with E-state index >= 15 is 0 Å². The zero-order chi connectivity index (χ0) is 16.7. The number of benzene rings is 1. The molecule has 0 aliphatic heterocycles. The molecule has 0 saturated carbocycles. The van der Waals surface area contributed by atoms with Gasteiger partial charge in [0.1, 0.15) is 5.69 Å². The van der Waals surface area contributed by atoms with Gasteiger partial charge in [-0.25, -0.2) is 0 Å². The van der Waals surface area contributed by atoms with Gasteiger partial charge in [-0.2, -0.15) is 0 Å². The lowest BCUT2D eigenvalue weighted by molar-refractivity contribution is 0.0938. The largest absolute Gasteiger partial charge is 0.352 e. The molecule has 5 heteroatoms. The number of nitrogens with zero attached hydrogens (tertiary/aromatic N) is 1. The van der Waals surface area contributed by atoms with Gasteiger partial charge >= 0.3 is 0 Å². The van der Waals surface area contributed by atoms with E-state index in [-0.39, 0.29) is 23.6 Å². The van der Waals surface area contributed by atoms with Gasteiger partial charge in [0.15, 0.2) is 0 Å². The molecule has 120 valence electrons. The standard InChI is InChI=1S/C18H21N3O2/c1-13(2)21-18(23)16-12-15(9-11-19-16)17(22)20-10-8-14-6-4-3-5-7-14/h3-7,9,11-13H,8,10H2,1-2H3,(H,20,22)(H,21,23). The Morgan fingerprint density at radius 1 is 1.09 bits per heavy atom. The third kappa shape index (κ3) is 5.21. The second kappa shape index (κ2) is 8.08. The first-order valence-electron chi connectivity index (χ1n) is 7.65. The molecule has 0 saturated heterocycles. The van der Waals surface area contributed by atoms with Crippen LogP contribution in [0, 0.1) is 0 Å². The number of nitrogens with one attached hydrogen (secondary N) is 2. The summed E-state index contributed by atoms with van der Waals surface area (Å²) >= 11 is 0. The maximum absolute atomic E-state index is 12.2. The molecule has 2 N–H and O–H groups in total. The fourth-order valence-corrected chi connectivity index (χ4v) is 2.10. The molecule has 0 aliphatic rings. The van der Waals surface area contributed by atoms with E-state index in [2.05, 4.69) is 15.6 Å². The van der Waals surface area contributed by atoms with Crippen LogP contribution in [0.15, 0.2) is 48.7 Å². The number of aromatic nitrogens is 1. The van der Waals surface area contributed by atoms with Crippen LogP contribution in [0.5, 0.6) is 0 Å². The lowest BCUT2D eigenvalue weighted by Crippen LogP contribution is -2.31. The molecular weight excluding hydrogens is 290 g/mol. The van der Waals surface area contributed by atoms with Crippen LogP contribution in [0.1, 0.15) is 40.3 Å². The van der Waals surface area contributed by atoms with Crippen molar-refractivity contribution in [3.63, 3.8) is 0 Å². The third-order valence-electron chi connectivity index (χ3n) is 3.22. The summed E-state index contributed by atoms with van der Waals surface area (Å²) in [5.74, 6) is -0.485. The van der Waals surface area contributed by atoms with E-state index in [1.165, 1.54) is 17.8 Å². The molecule has 0 radical (unpaired) electrons. The van der Waals surface area contributed by atoms with Crippen LogP contribution >= 0.6 is 0 Å². The van der Waals surface area contributed by atoms with Crippen LogP contribution in [0.25, 0.3) is 0 Å². The lowest BCUT2D eigenvalue weighted by atomic mass is 10.1. The van der Waals surface area contributed by atoms with Gasteiger partial charge in [0.25, 0.3) is 11.8 Å². The van der Waals surface area contributed by atoms with Gasteiger partial charge in [-0.1, -0.05) is 30.3 Å². The molecular formula is C18H21N3O2. The van der Waals surface area contributed by atoms with Gasteiger partial charge in [-0.3, -0.25) is 14.6 Å². The molecule has 0 atom stereocenters. The summed E-state index contributed by atoms with van der Waals surface area (Å²) in [4.78, 5) is 28.1. The van der Waals surface area contributed by atoms with Crippen molar-refractivity contribution in [2.45, 2.75) is 26.3 Å². The normalized spacial score (nSPS) is 10.4. The van der Waals surface area contributed by atoms with Crippen LogP contribution in [-0.2, 0) is 6.42 Å². The summed E-state index contributed by atoms with van der Waals surface area (Å²) in [6, 6.07) is 13.1. The van der Waals surface area contributed by atoms with Gasteiger partial charge in [0.2, 0.25) is 0 Å². The number of carbonyl (C=O) groups excluding carboxylic acids is 2. The first kappa shape index (κ1) is 16.7. The highest BCUT2D eigenvalue weighted by atomic mass is 16.2. The van der Waals surface area contributed by atoms with Gasteiger partial charge in [0.05, 0.1) is 0 Å². The maximum atomic E-state index is 12.2. The van der Waals surface area contributed by atoms with Crippen LogP contribution in [-0.4, -0.2) is 29.4 Å². The number of rotatable bonds is 6. The highest BCUT2D eigenvalue weighted by Gasteiger charge is 2.12. The first-order valence-corrected chi connectivity index (χ1v) is 7.65. The Bertz CT molecular complexity index is 669. The minimum atomic E-state index is -0.279. The molecule has 1 heterocycles. The average molecular weight is 311 g/mol. The van der Waals surface area contributed by atoms with Crippen LogP contribution in [0.3, 0.4) is 0 Å². The Morgan fingerprint density at radius 3 is 2.52 bits per heavy atom. The number of carbonyl (C=O) groups is 2. The summed E-state index contributed by atoms with van der Waals surface area (Å²) in [5.41, 5.74) is 1.84. The number of hydrogen-bond acceptors (Lipinski definition) is 3. The van der Waals surface area contributed by atoms with Gasteiger partial charge in [-0.15, -0.1) is 0 Å². The second-order valence-corrected chi connectivity index (χ2v) is 5.55. The molecule has 5 nitrogen and oxygen atoms in total. The number of amides is 2. The van der Waals surface area contributed by atoms with Crippen LogP contribution in [0.2, 0.25) is 0 Å². The molecule has 1 aromatic carbocycles. The monoisotopic (exact) mass is 311 g/mol. The van der Waals surface area contributed by atoms with Crippen LogP contribution in [0.4, 0.5) is 0 Å².